The zero-order chi connectivity index (χ0) is 13.7. The van der Waals surface area contributed by atoms with Gasteiger partial charge in [-0.1, -0.05) is 0 Å². The predicted octanol–water partition coefficient (Wildman–Crippen LogP) is -2.17. The minimum absolute atomic E-state index is 0.176. The van der Waals surface area contributed by atoms with Crippen molar-refractivity contribution in [3.05, 3.63) is 28.2 Å². The van der Waals surface area contributed by atoms with E-state index in [0.29, 0.717) is 0 Å². The second kappa shape index (κ2) is 5.57. The molecule has 0 aliphatic rings. The number of nitrogens with two attached hydrogens (primary N) is 1. The fourth-order valence-corrected chi connectivity index (χ4v) is 1.10. The molecule has 0 aromatic carbocycles. The Morgan fingerprint density at radius 3 is 2.56 bits per heavy atom. The molecule has 1 aromatic rings. The second-order valence-electron chi connectivity index (χ2n) is 3.34. The van der Waals surface area contributed by atoms with Crippen molar-refractivity contribution in [3.8, 4) is 0 Å². The number of carboxylic acid groups (broad SMARTS) is 1. The molecule has 2 amide bonds. The van der Waals surface area contributed by atoms with E-state index in [2.05, 4.69) is 10.4 Å². The SMILES string of the molecule is NC(=O)C[C@H](NC(=O)c1ccc(=O)[nH]n1)C(=O)O. The van der Waals surface area contributed by atoms with E-state index in [4.69, 9.17) is 10.8 Å². The molecule has 0 saturated carbocycles. The lowest BCUT2D eigenvalue weighted by Gasteiger charge is -2.11. The van der Waals surface area contributed by atoms with Crippen molar-refractivity contribution in [2.45, 2.75) is 12.5 Å². The van der Waals surface area contributed by atoms with Crippen LogP contribution < -0.4 is 16.6 Å². The molecule has 0 bridgehead atoms. The maximum Gasteiger partial charge on any atom is 0.326 e. The summed E-state index contributed by atoms with van der Waals surface area (Å²) in [5.74, 6) is -3.09. The molecule has 96 valence electrons. The van der Waals surface area contributed by atoms with Crippen LogP contribution >= 0.6 is 0 Å². The fraction of sp³-hybridized carbons (Fsp3) is 0.222. The van der Waals surface area contributed by atoms with Crippen LogP contribution in [0.2, 0.25) is 0 Å². The van der Waals surface area contributed by atoms with E-state index in [-0.39, 0.29) is 5.69 Å². The minimum atomic E-state index is -1.44. The van der Waals surface area contributed by atoms with Gasteiger partial charge in [0.05, 0.1) is 6.42 Å². The van der Waals surface area contributed by atoms with Crippen molar-refractivity contribution in [2.75, 3.05) is 0 Å². The number of nitrogens with zero attached hydrogens (tertiary/aromatic N) is 1. The van der Waals surface area contributed by atoms with Crippen molar-refractivity contribution < 1.29 is 19.5 Å². The van der Waals surface area contributed by atoms with Crippen LogP contribution in [0.15, 0.2) is 16.9 Å². The smallest absolute Gasteiger partial charge is 0.326 e. The molecule has 0 aliphatic heterocycles. The lowest BCUT2D eigenvalue weighted by molar-refractivity contribution is -0.140. The van der Waals surface area contributed by atoms with Crippen molar-refractivity contribution in [3.63, 3.8) is 0 Å². The van der Waals surface area contributed by atoms with Crippen LogP contribution in [0.5, 0.6) is 0 Å². The lowest BCUT2D eigenvalue weighted by atomic mass is 10.2. The highest BCUT2D eigenvalue weighted by Gasteiger charge is 2.23. The first-order valence-electron chi connectivity index (χ1n) is 4.78. The van der Waals surface area contributed by atoms with Crippen molar-refractivity contribution in [2.24, 2.45) is 5.73 Å². The first kappa shape index (κ1) is 13.4. The molecule has 0 spiro atoms. The quantitative estimate of drug-likeness (QED) is 0.468. The highest BCUT2D eigenvalue weighted by atomic mass is 16.4. The monoisotopic (exact) mass is 254 g/mol. The van der Waals surface area contributed by atoms with Gasteiger partial charge in [0.15, 0.2) is 0 Å². The zero-order valence-electron chi connectivity index (χ0n) is 9.04. The highest BCUT2D eigenvalue weighted by Crippen LogP contribution is 1.95. The Balaban J connectivity index is 2.78. The maximum atomic E-state index is 11.5. The number of carbonyl (C=O) groups is 3. The van der Waals surface area contributed by atoms with Crippen LogP contribution in [0.3, 0.4) is 0 Å². The summed E-state index contributed by atoms with van der Waals surface area (Å²) in [6.07, 6.45) is -0.537. The zero-order valence-corrected chi connectivity index (χ0v) is 9.04. The Morgan fingerprint density at radius 1 is 1.44 bits per heavy atom. The molecule has 9 heteroatoms. The maximum absolute atomic E-state index is 11.5. The van der Waals surface area contributed by atoms with Gasteiger partial charge in [-0.3, -0.25) is 14.4 Å². The van der Waals surface area contributed by atoms with Gasteiger partial charge in [-0.15, -0.1) is 0 Å². The molecule has 9 nitrogen and oxygen atoms in total. The number of hydrogen-bond acceptors (Lipinski definition) is 5. The Labute approximate surface area is 100.0 Å². The van der Waals surface area contributed by atoms with Gasteiger partial charge in [0.1, 0.15) is 11.7 Å². The Hall–Kier alpha value is -2.71. The van der Waals surface area contributed by atoms with Crippen LogP contribution in [0.1, 0.15) is 16.9 Å². The van der Waals surface area contributed by atoms with E-state index in [0.717, 1.165) is 12.1 Å². The van der Waals surface area contributed by atoms with Gasteiger partial charge in [0.25, 0.3) is 11.5 Å². The van der Waals surface area contributed by atoms with E-state index in [9.17, 15) is 19.2 Å². The van der Waals surface area contributed by atoms with Gasteiger partial charge >= 0.3 is 5.97 Å². The van der Waals surface area contributed by atoms with Crippen LogP contribution in [-0.2, 0) is 9.59 Å². The summed E-state index contributed by atoms with van der Waals surface area (Å²) in [6, 6.07) is 0.743. The highest BCUT2D eigenvalue weighted by molar-refractivity contribution is 5.95. The molecule has 18 heavy (non-hydrogen) atoms. The number of aliphatic carboxylic acids is 1. The lowest BCUT2D eigenvalue weighted by Crippen LogP contribution is -2.43. The molecule has 0 fully saturated rings. The van der Waals surface area contributed by atoms with Gasteiger partial charge in [-0.25, -0.2) is 9.89 Å². The van der Waals surface area contributed by atoms with Gasteiger partial charge < -0.3 is 16.2 Å². The fourth-order valence-electron chi connectivity index (χ4n) is 1.10. The normalized spacial score (nSPS) is 11.6. The molecule has 1 atom stereocenters. The van der Waals surface area contributed by atoms with E-state index in [1.807, 2.05) is 5.10 Å². The first-order chi connectivity index (χ1) is 8.40. The number of rotatable bonds is 5. The Morgan fingerprint density at radius 2 is 2.11 bits per heavy atom. The van der Waals surface area contributed by atoms with Crippen LogP contribution in [0.4, 0.5) is 0 Å². The largest absolute Gasteiger partial charge is 0.480 e. The summed E-state index contributed by atoms with van der Waals surface area (Å²) in [7, 11) is 0. The number of hydrogen-bond donors (Lipinski definition) is 4. The summed E-state index contributed by atoms with van der Waals surface area (Å²) in [6.45, 7) is 0. The number of carboxylic acids is 1. The summed E-state index contributed by atoms with van der Waals surface area (Å²) >= 11 is 0. The van der Waals surface area contributed by atoms with Gasteiger partial charge in [0.2, 0.25) is 5.91 Å². The second-order valence-corrected chi connectivity index (χ2v) is 3.34. The molecule has 0 radical (unpaired) electrons. The van der Waals surface area contributed by atoms with E-state index in [1.165, 1.54) is 0 Å². The van der Waals surface area contributed by atoms with Crippen LogP contribution in [0, 0.1) is 0 Å². The van der Waals surface area contributed by atoms with E-state index >= 15 is 0 Å². The molecule has 1 aromatic heterocycles. The number of nitrogens with one attached hydrogen (secondary N) is 2. The molecule has 1 rings (SSSR count). The third kappa shape index (κ3) is 3.70. The van der Waals surface area contributed by atoms with Gasteiger partial charge in [-0.2, -0.15) is 5.10 Å². The van der Waals surface area contributed by atoms with Crippen LogP contribution in [0.25, 0.3) is 0 Å². The summed E-state index contributed by atoms with van der Waals surface area (Å²) in [5.41, 5.74) is 4.17. The van der Waals surface area contributed by atoms with Crippen molar-refractivity contribution in [1.82, 2.24) is 15.5 Å². The Kier molecular flexibility index (Phi) is 4.13. The van der Waals surface area contributed by atoms with E-state index < -0.39 is 35.8 Å². The molecule has 0 unspecified atom stereocenters. The molecular formula is C9H10N4O5. The first-order valence-corrected chi connectivity index (χ1v) is 4.78. The standard InChI is InChI=1S/C9H10N4O5/c10-6(14)3-5(9(17)18)11-8(16)4-1-2-7(15)13-12-4/h1-2,5H,3H2,(H2,10,14)(H,11,16)(H,13,15)(H,17,18)/t5-/m0/s1. The van der Waals surface area contributed by atoms with Crippen molar-refractivity contribution >= 4 is 17.8 Å². The summed E-state index contributed by atoms with van der Waals surface area (Å²) in [4.78, 5) is 43.6. The molecule has 1 heterocycles. The van der Waals surface area contributed by atoms with Crippen LogP contribution in [-0.4, -0.2) is 39.1 Å². The minimum Gasteiger partial charge on any atom is -0.480 e. The number of aromatic amines is 1. The number of carbonyl (C=O) groups excluding carboxylic acids is 2. The van der Waals surface area contributed by atoms with Gasteiger partial charge in [0, 0.05) is 6.07 Å². The predicted molar refractivity (Wildman–Crippen MR) is 57.6 cm³/mol. The van der Waals surface area contributed by atoms with E-state index in [1.54, 1.807) is 0 Å². The average Bonchev–Trinajstić information content (AvgIpc) is 2.28. The van der Waals surface area contributed by atoms with Gasteiger partial charge in [-0.05, 0) is 6.07 Å². The number of aromatic nitrogens is 2. The molecule has 0 aliphatic carbocycles. The third-order valence-corrected chi connectivity index (χ3v) is 1.92. The molecule has 5 N–H and O–H groups in total. The molecular weight excluding hydrogens is 244 g/mol. The summed E-state index contributed by atoms with van der Waals surface area (Å²) in [5, 5.41) is 16.3. The number of H-pyrrole nitrogens is 1. The number of amides is 2. The molecule has 0 saturated heterocycles. The number of primary amides is 1. The third-order valence-electron chi connectivity index (χ3n) is 1.92. The van der Waals surface area contributed by atoms with Crippen molar-refractivity contribution in [1.29, 1.82) is 0 Å². The summed E-state index contributed by atoms with van der Waals surface area (Å²) < 4.78 is 0. The Bertz CT molecular complexity index is 518. The topological polar surface area (TPSA) is 155 Å². The average molecular weight is 254 g/mol.